The number of hydrogen-bond acceptors (Lipinski definition) is 9. The van der Waals surface area contributed by atoms with Crippen molar-refractivity contribution in [2.45, 2.75) is 237 Å². The maximum atomic E-state index is 13.0. The molecule has 1 rings (SSSR count). The first-order valence-electron chi connectivity index (χ1n) is 22.7. The van der Waals surface area contributed by atoms with Crippen LogP contribution in [-0.2, 0) is 14.3 Å². The highest BCUT2D eigenvalue weighted by Gasteiger charge is 2.44. The molecule has 0 aromatic carbocycles. The van der Waals surface area contributed by atoms with Crippen LogP contribution in [0.1, 0.15) is 188 Å². The number of ether oxygens (including phenoxy) is 2. The van der Waals surface area contributed by atoms with Gasteiger partial charge in [-0.25, -0.2) is 0 Å². The quantitative estimate of drug-likeness (QED) is 0.0188. The summed E-state index contributed by atoms with van der Waals surface area (Å²) in [5.41, 5.74) is 1.18. The van der Waals surface area contributed by atoms with Crippen LogP contribution in [0.4, 0.5) is 0 Å². The summed E-state index contributed by atoms with van der Waals surface area (Å²) < 4.78 is 11.1. The molecule has 0 aromatic rings. The number of unbranched alkanes of at least 4 members (excludes halogenated alkanes) is 22. The van der Waals surface area contributed by atoms with E-state index in [2.05, 4.69) is 44.3 Å². The van der Waals surface area contributed by atoms with E-state index < -0.39 is 61.5 Å². The predicted molar refractivity (Wildman–Crippen MR) is 227 cm³/mol. The number of carbonyl (C=O) groups excluding carboxylic acids is 1. The molecule has 1 heterocycles. The van der Waals surface area contributed by atoms with Gasteiger partial charge in [0.2, 0.25) is 5.91 Å². The van der Waals surface area contributed by atoms with Gasteiger partial charge in [-0.2, -0.15) is 0 Å². The largest absolute Gasteiger partial charge is 0.394 e. The lowest BCUT2D eigenvalue weighted by Gasteiger charge is -2.40. The van der Waals surface area contributed by atoms with Gasteiger partial charge in [-0.15, -0.1) is 0 Å². The zero-order valence-electron chi connectivity index (χ0n) is 35.7. The van der Waals surface area contributed by atoms with Gasteiger partial charge in [-0.3, -0.25) is 4.79 Å². The number of aliphatic hydroxyl groups excluding tert-OH is 6. The van der Waals surface area contributed by atoms with Crippen molar-refractivity contribution in [1.82, 2.24) is 5.32 Å². The topological polar surface area (TPSA) is 169 Å². The molecule has 0 aliphatic carbocycles. The molecule has 1 aliphatic heterocycles. The molecule has 328 valence electrons. The Morgan fingerprint density at radius 3 is 1.73 bits per heavy atom. The van der Waals surface area contributed by atoms with Crippen molar-refractivity contribution >= 4 is 5.91 Å². The molecule has 0 spiro atoms. The predicted octanol–water partition coefficient (Wildman–Crippen LogP) is 8.25. The number of allylic oxidation sites excluding steroid dienone is 5. The van der Waals surface area contributed by atoms with Gasteiger partial charge in [0, 0.05) is 0 Å². The molecule has 0 bridgehead atoms. The van der Waals surface area contributed by atoms with E-state index >= 15 is 0 Å². The summed E-state index contributed by atoms with van der Waals surface area (Å²) in [7, 11) is 0. The monoisotopic (exact) mass is 796 g/mol. The smallest absolute Gasteiger partial charge is 0.249 e. The number of amides is 1. The van der Waals surface area contributed by atoms with Gasteiger partial charge < -0.3 is 45.4 Å². The van der Waals surface area contributed by atoms with Crippen molar-refractivity contribution in [1.29, 1.82) is 0 Å². The van der Waals surface area contributed by atoms with Crippen LogP contribution in [0.15, 0.2) is 36.0 Å². The molecule has 1 aliphatic rings. The third-order valence-corrected chi connectivity index (χ3v) is 10.9. The van der Waals surface area contributed by atoms with E-state index in [0.717, 1.165) is 32.1 Å². The summed E-state index contributed by atoms with van der Waals surface area (Å²) in [5, 5.41) is 64.7. The number of carbonyl (C=O) groups is 1. The van der Waals surface area contributed by atoms with Crippen molar-refractivity contribution in [2.75, 3.05) is 13.2 Å². The van der Waals surface area contributed by atoms with E-state index in [9.17, 15) is 35.4 Å². The highest BCUT2D eigenvalue weighted by Crippen LogP contribution is 2.23. The third kappa shape index (κ3) is 25.7. The molecule has 0 saturated carbocycles. The molecule has 10 nitrogen and oxygen atoms in total. The molecule has 56 heavy (non-hydrogen) atoms. The molecular formula is C46H85NO9. The van der Waals surface area contributed by atoms with Crippen LogP contribution in [0.3, 0.4) is 0 Å². The van der Waals surface area contributed by atoms with E-state index in [0.29, 0.717) is 19.3 Å². The summed E-state index contributed by atoms with van der Waals surface area (Å²) in [6, 6.07) is -1.01. The Bertz CT molecular complexity index is 1020. The SMILES string of the molecule is CCCCCCC/C=C/C(C)=C/CC/C=C/C(O)C(COC1OC(CO)C(O)C(O)C1O)NC(=O)C(O)CCCCCCCCCCCCCCCCCCC. The molecule has 0 radical (unpaired) electrons. The van der Waals surface area contributed by atoms with Crippen LogP contribution in [0, 0.1) is 0 Å². The van der Waals surface area contributed by atoms with Gasteiger partial charge in [0.1, 0.15) is 30.5 Å². The zero-order chi connectivity index (χ0) is 41.2. The highest BCUT2D eigenvalue weighted by molar-refractivity contribution is 5.80. The van der Waals surface area contributed by atoms with Crippen molar-refractivity contribution < 1.29 is 44.9 Å². The van der Waals surface area contributed by atoms with Crippen LogP contribution < -0.4 is 5.32 Å². The minimum Gasteiger partial charge on any atom is -0.394 e. The lowest BCUT2D eigenvalue weighted by Crippen LogP contribution is -2.60. The van der Waals surface area contributed by atoms with Gasteiger partial charge in [0.15, 0.2) is 6.29 Å². The van der Waals surface area contributed by atoms with Crippen LogP contribution >= 0.6 is 0 Å². The fraction of sp³-hybridized carbons (Fsp3) is 0.848. The van der Waals surface area contributed by atoms with E-state index in [4.69, 9.17) is 9.47 Å². The minimum atomic E-state index is -1.62. The zero-order valence-corrected chi connectivity index (χ0v) is 35.7. The number of rotatable bonds is 36. The molecular weight excluding hydrogens is 711 g/mol. The first-order chi connectivity index (χ1) is 27.2. The number of aliphatic hydroxyl groups is 6. The molecule has 10 heteroatoms. The molecule has 1 amide bonds. The van der Waals surface area contributed by atoms with E-state index in [-0.39, 0.29) is 6.61 Å². The summed E-state index contributed by atoms with van der Waals surface area (Å²) in [6.07, 6.45) is 30.5. The minimum absolute atomic E-state index is 0.301. The molecule has 1 fully saturated rings. The Hall–Kier alpha value is -1.63. The Balaban J connectivity index is 2.50. The fourth-order valence-electron chi connectivity index (χ4n) is 7.08. The second kappa shape index (κ2) is 35.3. The number of hydrogen-bond donors (Lipinski definition) is 7. The molecule has 0 aromatic heterocycles. The van der Waals surface area contributed by atoms with Gasteiger partial charge >= 0.3 is 0 Å². The first-order valence-corrected chi connectivity index (χ1v) is 22.7. The molecule has 8 unspecified atom stereocenters. The van der Waals surface area contributed by atoms with Gasteiger partial charge in [0.05, 0.1) is 25.4 Å². The maximum absolute atomic E-state index is 13.0. The van der Waals surface area contributed by atoms with Crippen molar-refractivity contribution in [2.24, 2.45) is 0 Å². The first kappa shape index (κ1) is 52.4. The highest BCUT2D eigenvalue weighted by atomic mass is 16.7. The lowest BCUT2D eigenvalue weighted by atomic mass is 9.99. The van der Waals surface area contributed by atoms with Gasteiger partial charge in [-0.05, 0) is 39.0 Å². The van der Waals surface area contributed by atoms with Crippen LogP contribution in [-0.4, -0.2) is 98.7 Å². The molecule has 7 N–H and O–H groups in total. The molecule has 1 saturated heterocycles. The summed E-state index contributed by atoms with van der Waals surface area (Å²) >= 11 is 0. The summed E-state index contributed by atoms with van der Waals surface area (Å²) in [6.45, 7) is 5.62. The van der Waals surface area contributed by atoms with Crippen molar-refractivity contribution in [3.63, 3.8) is 0 Å². The Morgan fingerprint density at radius 1 is 0.679 bits per heavy atom. The van der Waals surface area contributed by atoms with Gasteiger partial charge in [0.25, 0.3) is 0 Å². The van der Waals surface area contributed by atoms with E-state index in [1.54, 1.807) is 6.08 Å². The second-order valence-electron chi connectivity index (χ2n) is 16.2. The maximum Gasteiger partial charge on any atom is 0.249 e. The van der Waals surface area contributed by atoms with Crippen molar-refractivity contribution in [3.05, 3.63) is 36.0 Å². The normalized spacial score (nSPS) is 22.2. The number of nitrogens with one attached hydrogen (secondary N) is 1. The summed E-state index contributed by atoms with van der Waals surface area (Å²) in [4.78, 5) is 13.0. The Kier molecular flexibility index (Phi) is 33.0. The Morgan fingerprint density at radius 2 is 1.20 bits per heavy atom. The average molecular weight is 796 g/mol. The van der Waals surface area contributed by atoms with E-state index in [1.165, 1.54) is 121 Å². The van der Waals surface area contributed by atoms with E-state index in [1.807, 2.05) is 6.08 Å². The van der Waals surface area contributed by atoms with Crippen LogP contribution in [0.2, 0.25) is 0 Å². The summed E-state index contributed by atoms with van der Waals surface area (Å²) in [5.74, 6) is -0.632. The second-order valence-corrected chi connectivity index (χ2v) is 16.2. The third-order valence-electron chi connectivity index (χ3n) is 10.9. The Labute approximate surface area is 341 Å². The fourth-order valence-corrected chi connectivity index (χ4v) is 7.08. The van der Waals surface area contributed by atoms with Gasteiger partial charge in [-0.1, -0.05) is 185 Å². The van der Waals surface area contributed by atoms with Crippen molar-refractivity contribution in [3.8, 4) is 0 Å². The lowest BCUT2D eigenvalue weighted by molar-refractivity contribution is -0.302. The average Bonchev–Trinajstić information content (AvgIpc) is 3.19. The molecule has 8 atom stereocenters. The standard InChI is InChI=1S/C46H85NO9/c1-4-6-8-10-12-13-14-15-16-17-18-19-20-21-23-25-29-34-40(50)45(54)47-38(36-55-46-44(53)43(52)42(51)41(35-48)56-46)39(49)33-30-26-28-32-37(3)31-27-24-22-11-9-7-5-2/h27,30-33,38-44,46,48-53H,4-26,28-29,34-36H2,1-3H3,(H,47,54)/b31-27+,33-30+,37-32+. The van der Waals surface area contributed by atoms with Crippen LogP contribution in [0.5, 0.6) is 0 Å². The van der Waals surface area contributed by atoms with Crippen LogP contribution in [0.25, 0.3) is 0 Å².